The first-order valence-electron chi connectivity index (χ1n) is 11.5. The topological polar surface area (TPSA) is 25.5 Å². The van der Waals surface area contributed by atoms with Gasteiger partial charge in [-0.15, -0.1) is 0 Å². The van der Waals surface area contributed by atoms with Gasteiger partial charge in [-0.3, -0.25) is 0 Å². The minimum absolute atomic E-state index is 0.392. The van der Waals surface area contributed by atoms with Gasteiger partial charge in [0, 0.05) is 41.6 Å². The maximum Gasteiger partial charge on any atom is 0.287 e. The van der Waals surface area contributed by atoms with Crippen LogP contribution in [0.2, 0.25) is 0 Å². The number of fused-ring (bicyclic) bond motifs is 5. The highest BCUT2D eigenvalue weighted by molar-refractivity contribution is 6.25. The van der Waals surface area contributed by atoms with Crippen LogP contribution in [0.5, 0.6) is 0 Å². The van der Waals surface area contributed by atoms with Gasteiger partial charge in [0.2, 0.25) is 0 Å². The fourth-order valence-corrected chi connectivity index (χ4v) is 5.52. The van der Waals surface area contributed by atoms with E-state index >= 15 is 0 Å². The van der Waals surface area contributed by atoms with Crippen LogP contribution in [0.4, 0.5) is 0 Å². The van der Waals surface area contributed by atoms with Crippen LogP contribution in [0.25, 0.3) is 54.0 Å². The summed E-state index contributed by atoms with van der Waals surface area (Å²) in [5.41, 5.74) is 8.77. The highest BCUT2D eigenvalue weighted by Gasteiger charge is 2.31. The van der Waals surface area contributed by atoms with Crippen LogP contribution in [0.15, 0.2) is 48.8 Å². The minimum atomic E-state index is -0.625. The van der Waals surface area contributed by atoms with E-state index < -0.39 is 5.54 Å². The number of pyridine rings is 1. The van der Waals surface area contributed by atoms with Gasteiger partial charge in [0.05, 0.1) is 29.0 Å². The molecule has 0 spiro atoms. The summed E-state index contributed by atoms with van der Waals surface area (Å²) >= 11 is 0. The second kappa shape index (κ2) is 6.42. The second-order valence-corrected chi connectivity index (χ2v) is 10.2. The molecule has 0 aliphatic heterocycles. The predicted molar refractivity (Wildman–Crippen MR) is 136 cm³/mol. The smallest absolute Gasteiger partial charge is 0.287 e. The number of para-hydroxylation sites is 1. The Morgan fingerprint density at radius 3 is 2.52 bits per heavy atom. The third kappa shape index (κ3) is 2.45. The summed E-state index contributed by atoms with van der Waals surface area (Å²) in [6, 6.07) is 15.5. The van der Waals surface area contributed by atoms with Crippen LogP contribution in [-0.2, 0) is 12.6 Å². The largest absolute Gasteiger partial charge is 0.307 e. The first kappa shape index (κ1) is 19.9. The minimum Gasteiger partial charge on any atom is -0.307 e. The molecule has 6 aromatic rings. The third-order valence-electron chi connectivity index (χ3n) is 7.33. The number of nitrogens with zero attached hydrogens (tertiary/aromatic N) is 4. The van der Waals surface area contributed by atoms with Crippen LogP contribution >= 0.6 is 0 Å². The Bertz CT molecular complexity index is 1790. The first-order chi connectivity index (χ1) is 15.7. The molecule has 0 radical (unpaired) electrons. The summed E-state index contributed by atoms with van der Waals surface area (Å²) in [6.45, 7) is 18.5. The monoisotopic (exact) mass is 431 g/mol. The average molecular weight is 432 g/mol. The molecule has 162 valence electrons. The summed E-state index contributed by atoms with van der Waals surface area (Å²) in [6.07, 6.45) is 1.91. The van der Waals surface area contributed by atoms with Gasteiger partial charge in [-0.1, -0.05) is 44.2 Å². The number of rotatable bonds is 2. The van der Waals surface area contributed by atoms with Crippen molar-refractivity contribution in [2.24, 2.45) is 7.05 Å². The Morgan fingerprint density at radius 1 is 1.03 bits per heavy atom. The molecule has 33 heavy (non-hydrogen) atoms. The lowest BCUT2D eigenvalue weighted by molar-refractivity contribution is -0.646. The molecular weight excluding hydrogens is 404 g/mol. The van der Waals surface area contributed by atoms with Gasteiger partial charge in [-0.25, -0.2) is 11.1 Å². The first-order valence-corrected chi connectivity index (χ1v) is 11.5. The standard InChI is InChI=1S/C29H27N4/c1-16(2)19-9-8-10-20-21-12-11-17(3)24-27(21)33(26(19)20)23-14-18(29(4,5)30-6)13-22-25(23)28(24)32(7)15-31-22/h8-16H,1-5,7H3/q+1. The molecule has 0 aliphatic rings. The Morgan fingerprint density at radius 2 is 1.79 bits per heavy atom. The SMILES string of the molecule is [C-]#[N+]C(C)(C)c1cc2nc[n+](C)c3c4c(C)ccc5c6cccc(C(C)C)c6n(c(c1)c23)c54. The lowest BCUT2D eigenvalue weighted by Crippen LogP contribution is -2.30. The normalized spacial score (nSPS) is 12.8. The number of hydrogen-bond acceptors (Lipinski definition) is 1. The molecule has 0 bridgehead atoms. The highest BCUT2D eigenvalue weighted by Crippen LogP contribution is 2.43. The van der Waals surface area contributed by atoms with Gasteiger partial charge < -0.3 is 9.25 Å². The van der Waals surface area contributed by atoms with Gasteiger partial charge >= 0.3 is 0 Å². The summed E-state index contributed by atoms with van der Waals surface area (Å²) < 4.78 is 4.61. The van der Waals surface area contributed by atoms with Crippen LogP contribution < -0.4 is 4.57 Å². The molecule has 6 rings (SSSR count). The Labute approximate surface area is 193 Å². The van der Waals surface area contributed by atoms with Gasteiger partial charge in [-0.2, -0.15) is 0 Å². The van der Waals surface area contributed by atoms with Gasteiger partial charge in [0.1, 0.15) is 5.52 Å². The molecule has 0 saturated carbocycles. The summed E-state index contributed by atoms with van der Waals surface area (Å²) in [5, 5.41) is 4.99. The molecule has 4 nitrogen and oxygen atoms in total. The number of aromatic nitrogens is 3. The van der Waals surface area contributed by atoms with Crippen molar-refractivity contribution in [1.29, 1.82) is 0 Å². The molecule has 3 aromatic carbocycles. The molecule has 3 aromatic heterocycles. The van der Waals surface area contributed by atoms with Crippen LogP contribution in [0, 0.1) is 13.5 Å². The van der Waals surface area contributed by atoms with E-state index in [1.165, 1.54) is 43.8 Å². The molecule has 0 N–H and O–H groups in total. The summed E-state index contributed by atoms with van der Waals surface area (Å²) in [4.78, 5) is 8.77. The quantitative estimate of drug-likeness (QED) is 0.128. The van der Waals surface area contributed by atoms with E-state index in [2.05, 4.69) is 84.1 Å². The van der Waals surface area contributed by atoms with Gasteiger partial charge in [0.25, 0.3) is 11.9 Å². The predicted octanol–water partition coefficient (Wildman–Crippen LogP) is 6.80. The van der Waals surface area contributed by atoms with E-state index in [1.807, 2.05) is 20.2 Å². The molecular formula is C29H27N4+. The van der Waals surface area contributed by atoms with Crippen LogP contribution in [0.3, 0.4) is 0 Å². The summed E-state index contributed by atoms with van der Waals surface area (Å²) in [5.74, 6) is 0.392. The van der Waals surface area contributed by atoms with E-state index in [1.54, 1.807) is 0 Å². The van der Waals surface area contributed by atoms with Crippen molar-refractivity contribution < 1.29 is 4.57 Å². The fraction of sp³-hybridized carbons (Fsp3) is 0.276. The van der Waals surface area contributed by atoms with Crippen molar-refractivity contribution in [2.45, 2.75) is 46.1 Å². The molecule has 0 fully saturated rings. The molecule has 4 heteroatoms. The number of benzene rings is 3. The lowest BCUT2D eigenvalue weighted by Gasteiger charge is -2.17. The van der Waals surface area contributed by atoms with Crippen molar-refractivity contribution in [1.82, 2.24) is 9.38 Å². The maximum absolute atomic E-state index is 7.81. The zero-order valence-corrected chi connectivity index (χ0v) is 20.0. The molecule has 0 amide bonds. The molecule has 0 atom stereocenters. The van der Waals surface area contributed by atoms with Crippen LogP contribution in [0.1, 0.15) is 50.3 Å². The second-order valence-electron chi connectivity index (χ2n) is 10.2. The van der Waals surface area contributed by atoms with Gasteiger partial charge in [0.15, 0.2) is 5.52 Å². The van der Waals surface area contributed by atoms with Crippen molar-refractivity contribution in [2.75, 3.05) is 0 Å². The maximum atomic E-state index is 7.81. The zero-order chi connectivity index (χ0) is 23.2. The Kier molecular flexibility index (Phi) is 3.88. The van der Waals surface area contributed by atoms with E-state index in [9.17, 15) is 0 Å². The van der Waals surface area contributed by atoms with Crippen molar-refractivity contribution in [3.8, 4) is 0 Å². The van der Waals surface area contributed by atoms with Crippen molar-refractivity contribution in [3.63, 3.8) is 0 Å². The Hall–Kier alpha value is -3.71. The molecule has 0 saturated heterocycles. The van der Waals surface area contributed by atoms with Crippen molar-refractivity contribution in [3.05, 3.63) is 76.9 Å². The van der Waals surface area contributed by atoms with E-state index in [0.717, 1.165) is 22.0 Å². The van der Waals surface area contributed by atoms with E-state index in [4.69, 9.17) is 11.6 Å². The van der Waals surface area contributed by atoms with Crippen molar-refractivity contribution >= 4 is 49.1 Å². The molecule has 0 aliphatic carbocycles. The Balaban J connectivity index is 2.06. The highest BCUT2D eigenvalue weighted by atomic mass is 15.0. The average Bonchev–Trinajstić information content (AvgIpc) is 3.14. The number of hydrogen-bond donors (Lipinski definition) is 0. The lowest BCUT2D eigenvalue weighted by atomic mass is 9.92. The number of aryl methyl sites for hydroxylation is 2. The fourth-order valence-electron chi connectivity index (χ4n) is 5.52. The van der Waals surface area contributed by atoms with Gasteiger partial charge in [-0.05, 0) is 35.0 Å². The van der Waals surface area contributed by atoms with E-state index in [-0.39, 0.29) is 0 Å². The van der Waals surface area contributed by atoms with E-state index in [0.29, 0.717) is 5.92 Å². The molecule has 3 heterocycles. The third-order valence-corrected chi connectivity index (χ3v) is 7.33. The zero-order valence-electron chi connectivity index (χ0n) is 20.0. The summed E-state index contributed by atoms with van der Waals surface area (Å²) in [7, 11) is 2.08. The van der Waals surface area contributed by atoms with Crippen LogP contribution in [-0.4, -0.2) is 9.38 Å². The molecule has 0 unspecified atom stereocenters.